The second-order valence-electron chi connectivity index (χ2n) is 3.39. The molecule has 0 atom stereocenters. The van der Waals surface area contributed by atoms with Crippen molar-refractivity contribution in [2.24, 2.45) is 0 Å². The van der Waals surface area contributed by atoms with Gasteiger partial charge in [0.1, 0.15) is 17.5 Å². The van der Waals surface area contributed by atoms with Crippen molar-refractivity contribution in [1.82, 2.24) is 9.97 Å². The average Bonchev–Trinajstić information content (AvgIpc) is 2.36. The predicted octanol–water partition coefficient (Wildman–Crippen LogP) is 3.30. The van der Waals surface area contributed by atoms with E-state index in [9.17, 15) is 8.78 Å². The fraction of sp³-hybridized carbons (Fsp3) is 0.0909. The molecule has 0 aliphatic rings. The van der Waals surface area contributed by atoms with Crippen LogP contribution in [-0.4, -0.2) is 17.0 Å². The summed E-state index contributed by atoms with van der Waals surface area (Å²) in [5.74, 6) is -0.373. The summed E-state index contributed by atoms with van der Waals surface area (Å²) in [5, 5.41) is 5.44. The maximum atomic E-state index is 13.6. The summed E-state index contributed by atoms with van der Waals surface area (Å²) < 4.78 is 27.0. The maximum Gasteiger partial charge on any atom is 0.224 e. The van der Waals surface area contributed by atoms with E-state index in [2.05, 4.69) is 36.5 Å². The number of benzene rings is 1. The van der Waals surface area contributed by atoms with E-state index in [1.54, 1.807) is 13.1 Å². The lowest BCUT2D eigenvalue weighted by atomic mass is 10.3. The van der Waals surface area contributed by atoms with Gasteiger partial charge in [-0.1, -0.05) is 0 Å². The largest absolute Gasteiger partial charge is 0.357 e. The Balaban J connectivity index is 2.30. The first-order valence-electron chi connectivity index (χ1n) is 5.02. The van der Waals surface area contributed by atoms with Gasteiger partial charge >= 0.3 is 0 Å². The molecule has 7 heteroatoms. The number of anilines is 3. The molecule has 0 aliphatic carbocycles. The summed E-state index contributed by atoms with van der Waals surface area (Å²) in [5.41, 5.74) is 0.0106. The zero-order valence-electron chi connectivity index (χ0n) is 9.34. The van der Waals surface area contributed by atoms with Crippen LogP contribution in [0.1, 0.15) is 0 Å². The van der Waals surface area contributed by atoms with Crippen molar-refractivity contribution in [2.45, 2.75) is 0 Å². The van der Waals surface area contributed by atoms with E-state index in [1.807, 2.05) is 0 Å². The Kier molecular flexibility index (Phi) is 3.71. The molecule has 0 bridgehead atoms. The second-order valence-corrected chi connectivity index (χ2v) is 4.24. The first kappa shape index (κ1) is 12.7. The Hall–Kier alpha value is -1.76. The van der Waals surface area contributed by atoms with Crippen molar-refractivity contribution in [3.8, 4) is 0 Å². The summed E-state index contributed by atoms with van der Waals surface area (Å²) in [4.78, 5) is 7.96. The van der Waals surface area contributed by atoms with Gasteiger partial charge in [-0.25, -0.2) is 13.8 Å². The van der Waals surface area contributed by atoms with Gasteiger partial charge in [0.25, 0.3) is 0 Å². The second kappa shape index (κ2) is 5.26. The zero-order valence-corrected chi connectivity index (χ0v) is 10.9. The standard InChI is InChI=1S/C11H9BrF2N4/c1-15-11-16-3-2-10(18-11)17-9-5-7(13)6(12)4-8(9)14/h2-5H,1H3,(H2,15,16,17,18). The van der Waals surface area contributed by atoms with Gasteiger partial charge < -0.3 is 10.6 Å². The van der Waals surface area contributed by atoms with Crippen molar-refractivity contribution in [1.29, 1.82) is 0 Å². The molecule has 4 nitrogen and oxygen atoms in total. The molecule has 0 saturated carbocycles. The van der Waals surface area contributed by atoms with E-state index in [-0.39, 0.29) is 10.2 Å². The fourth-order valence-electron chi connectivity index (χ4n) is 1.31. The van der Waals surface area contributed by atoms with Crippen LogP contribution in [0.5, 0.6) is 0 Å². The van der Waals surface area contributed by atoms with E-state index < -0.39 is 11.6 Å². The lowest BCUT2D eigenvalue weighted by molar-refractivity contribution is 0.597. The van der Waals surface area contributed by atoms with Crippen molar-refractivity contribution in [3.63, 3.8) is 0 Å². The normalized spacial score (nSPS) is 10.2. The van der Waals surface area contributed by atoms with Crippen LogP contribution in [0.4, 0.5) is 26.2 Å². The smallest absolute Gasteiger partial charge is 0.224 e. The van der Waals surface area contributed by atoms with E-state index in [1.165, 1.54) is 6.20 Å². The minimum atomic E-state index is -0.576. The van der Waals surface area contributed by atoms with Crippen LogP contribution >= 0.6 is 15.9 Å². The lowest BCUT2D eigenvalue weighted by Crippen LogP contribution is -2.01. The monoisotopic (exact) mass is 314 g/mol. The molecule has 0 aliphatic heterocycles. The quantitative estimate of drug-likeness (QED) is 0.853. The summed E-state index contributed by atoms with van der Waals surface area (Å²) in [7, 11) is 1.67. The SMILES string of the molecule is CNc1nccc(Nc2cc(F)c(Br)cc2F)n1. The number of halogens is 3. The number of aromatic nitrogens is 2. The van der Waals surface area contributed by atoms with Crippen LogP contribution in [0.15, 0.2) is 28.9 Å². The van der Waals surface area contributed by atoms with Gasteiger partial charge in [-0.05, 0) is 28.1 Å². The van der Waals surface area contributed by atoms with Crippen LogP contribution < -0.4 is 10.6 Å². The van der Waals surface area contributed by atoms with Gasteiger partial charge in [-0.3, -0.25) is 0 Å². The van der Waals surface area contributed by atoms with E-state index >= 15 is 0 Å². The lowest BCUT2D eigenvalue weighted by Gasteiger charge is -2.08. The molecule has 0 saturated heterocycles. The molecule has 0 spiro atoms. The Labute approximate surface area is 111 Å². The zero-order chi connectivity index (χ0) is 13.1. The van der Waals surface area contributed by atoms with Gasteiger partial charge in [-0.2, -0.15) is 4.98 Å². The third kappa shape index (κ3) is 2.73. The molecule has 1 aromatic carbocycles. The third-order valence-corrected chi connectivity index (χ3v) is 2.76. The Morgan fingerprint density at radius 2 is 2.00 bits per heavy atom. The van der Waals surface area contributed by atoms with Crippen molar-refractivity contribution < 1.29 is 8.78 Å². The van der Waals surface area contributed by atoms with E-state index in [0.717, 1.165) is 12.1 Å². The third-order valence-electron chi connectivity index (χ3n) is 2.15. The molecule has 2 rings (SSSR count). The van der Waals surface area contributed by atoms with E-state index in [4.69, 9.17) is 0 Å². The first-order chi connectivity index (χ1) is 8.60. The highest BCUT2D eigenvalue weighted by molar-refractivity contribution is 9.10. The highest BCUT2D eigenvalue weighted by Crippen LogP contribution is 2.25. The summed E-state index contributed by atoms with van der Waals surface area (Å²) >= 11 is 2.91. The number of rotatable bonds is 3. The Morgan fingerprint density at radius 1 is 1.22 bits per heavy atom. The summed E-state index contributed by atoms with van der Waals surface area (Å²) in [6.07, 6.45) is 1.51. The molecule has 94 valence electrons. The van der Waals surface area contributed by atoms with E-state index in [0.29, 0.717) is 11.8 Å². The molecule has 1 aromatic heterocycles. The molecule has 18 heavy (non-hydrogen) atoms. The van der Waals surface area contributed by atoms with Crippen LogP contribution in [0, 0.1) is 11.6 Å². The highest BCUT2D eigenvalue weighted by Gasteiger charge is 2.09. The van der Waals surface area contributed by atoms with Crippen molar-refractivity contribution in [2.75, 3.05) is 17.7 Å². The minimum Gasteiger partial charge on any atom is -0.357 e. The maximum absolute atomic E-state index is 13.6. The predicted molar refractivity (Wildman–Crippen MR) is 68.9 cm³/mol. The molecular formula is C11H9BrF2N4. The van der Waals surface area contributed by atoms with Crippen LogP contribution in [0.25, 0.3) is 0 Å². The molecule has 0 fully saturated rings. The fourth-order valence-corrected chi connectivity index (χ4v) is 1.62. The molecular weight excluding hydrogens is 306 g/mol. The minimum absolute atomic E-state index is 0.0106. The number of nitrogens with zero attached hydrogens (tertiary/aromatic N) is 2. The highest BCUT2D eigenvalue weighted by atomic mass is 79.9. The van der Waals surface area contributed by atoms with Crippen molar-refractivity contribution in [3.05, 3.63) is 40.5 Å². The van der Waals surface area contributed by atoms with Crippen LogP contribution in [-0.2, 0) is 0 Å². The first-order valence-corrected chi connectivity index (χ1v) is 5.82. The van der Waals surface area contributed by atoms with Gasteiger partial charge in [0.15, 0.2) is 0 Å². The van der Waals surface area contributed by atoms with Gasteiger partial charge in [0.05, 0.1) is 10.2 Å². The Bertz CT molecular complexity index is 577. The van der Waals surface area contributed by atoms with Crippen LogP contribution in [0.2, 0.25) is 0 Å². The molecule has 0 amide bonds. The average molecular weight is 315 g/mol. The Morgan fingerprint density at radius 3 is 2.72 bits per heavy atom. The van der Waals surface area contributed by atoms with Gasteiger partial charge in [-0.15, -0.1) is 0 Å². The molecule has 2 aromatic rings. The summed E-state index contributed by atoms with van der Waals surface area (Å²) in [6.45, 7) is 0. The number of nitrogens with one attached hydrogen (secondary N) is 2. The molecule has 0 radical (unpaired) electrons. The van der Waals surface area contributed by atoms with Crippen LogP contribution in [0.3, 0.4) is 0 Å². The molecule has 1 heterocycles. The van der Waals surface area contributed by atoms with Gasteiger partial charge in [0, 0.05) is 19.3 Å². The van der Waals surface area contributed by atoms with Gasteiger partial charge in [0.2, 0.25) is 5.95 Å². The molecule has 0 unspecified atom stereocenters. The number of hydrogen-bond acceptors (Lipinski definition) is 4. The number of hydrogen-bond donors (Lipinski definition) is 2. The van der Waals surface area contributed by atoms with Crippen molar-refractivity contribution >= 4 is 33.4 Å². The molecule has 2 N–H and O–H groups in total. The topological polar surface area (TPSA) is 49.8 Å². The summed E-state index contributed by atoms with van der Waals surface area (Å²) in [6, 6.07) is 3.67.